The van der Waals surface area contributed by atoms with Crippen molar-refractivity contribution in [3.05, 3.63) is 89.5 Å². The molecular formula is C26H26N4O5. The summed E-state index contributed by atoms with van der Waals surface area (Å²) in [6.45, 7) is 1.97. The second-order valence-corrected chi connectivity index (χ2v) is 7.51. The van der Waals surface area contributed by atoms with E-state index in [0.717, 1.165) is 11.1 Å². The molecule has 3 amide bonds. The zero-order valence-electron chi connectivity index (χ0n) is 19.4. The van der Waals surface area contributed by atoms with E-state index in [0.29, 0.717) is 22.7 Å². The predicted octanol–water partition coefficient (Wildman–Crippen LogP) is 2.79. The summed E-state index contributed by atoms with van der Waals surface area (Å²) in [4.78, 5) is 36.0. The Hall–Kier alpha value is -4.66. The normalized spacial score (nSPS) is 10.5. The van der Waals surface area contributed by atoms with Gasteiger partial charge in [0, 0.05) is 12.2 Å². The molecule has 3 rings (SSSR count). The van der Waals surface area contributed by atoms with Gasteiger partial charge in [-0.2, -0.15) is 5.10 Å². The number of methoxy groups -OCH3 is 1. The fraction of sp³-hybridized carbons (Fsp3) is 0.154. The largest absolute Gasteiger partial charge is 0.497 e. The summed E-state index contributed by atoms with van der Waals surface area (Å²) in [7, 11) is 1.57. The van der Waals surface area contributed by atoms with Crippen LogP contribution in [0.3, 0.4) is 0 Å². The lowest BCUT2D eigenvalue weighted by atomic mass is 10.2. The van der Waals surface area contributed by atoms with Crippen LogP contribution in [0.2, 0.25) is 0 Å². The number of carbonyl (C=O) groups excluding carboxylic acids is 3. The number of nitrogens with zero attached hydrogens (tertiary/aromatic N) is 1. The molecule has 0 fully saturated rings. The highest BCUT2D eigenvalue weighted by atomic mass is 16.5. The minimum atomic E-state index is -0.894. The smallest absolute Gasteiger partial charge is 0.329 e. The van der Waals surface area contributed by atoms with Crippen LogP contribution in [0.5, 0.6) is 11.5 Å². The van der Waals surface area contributed by atoms with Crippen molar-refractivity contribution >= 4 is 29.6 Å². The van der Waals surface area contributed by atoms with Crippen LogP contribution in [-0.4, -0.2) is 37.7 Å². The fourth-order valence-electron chi connectivity index (χ4n) is 2.98. The van der Waals surface area contributed by atoms with Crippen molar-refractivity contribution in [2.24, 2.45) is 5.10 Å². The molecule has 0 atom stereocenters. The van der Waals surface area contributed by atoms with E-state index in [2.05, 4.69) is 21.2 Å². The molecule has 0 aromatic heterocycles. The van der Waals surface area contributed by atoms with Crippen LogP contribution in [0.15, 0.2) is 77.9 Å². The molecule has 0 saturated carbocycles. The van der Waals surface area contributed by atoms with Crippen LogP contribution in [0, 0.1) is 6.92 Å². The first-order valence-corrected chi connectivity index (χ1v) is 10.8. The molecule has 35 heavy (non-hydrogen) atoms. The summed E-state index contributed by atoms with van der Waals surface area (Å²) in [5.74, 6) is -0.837. The van der Waals surface area contributed by atoms with Crippen molar-refractivity contribution in [3.63, 3.8) is 0 Å². The Kier molecular flexibility index (Phi) is 8.95. The number of aryl methyl sites for hydroxylation is 1. The summed E-state index contributed by atoms with van der Waals surface area (Å²) < 4.78 is 10.6. The molecule has 0 unspecified atom stereocenters. The van der Waals surface area contributed by atoms with E-state index in [-0.39, 0.29) is 19.1 Å². The van der Waals surface area contributed by atoms with Crippen molar-refractivity contribution in [3.8, 4) is 11.5 Å². The summed E-state index contributed by atoms with van der Waals surface area (Å²) in [5, 5.41) is 9.09. The van der Waals surface area contributed by atoms with E-state index in [1.165, 1.54) is 6.21 Å². The number of nitrogens with one attached hydrogen (secondary N) is 3. The first kappa shape index (κ1) is 25.0. The SMILES string of the molecule is COc1ccc(CNC(=O)C(=O)N/N=C\c2cccc(OCC(=O)Nc3cccc(C)c3)c2)cc1. The van der Waals surface area contributed by atoms with Crippen LogP contribution >= 0.6 is 0 Å². The van der Waals surface area contributed by atoms with Gasteiger partial charge in [0.2, 0.25) is 0 Å². The van der Waals surface area contributed by atoms with Crippen LogP contribution in [0.4, 0.5) is 5.69 Å². The van der Waals surface area contributed by atoms with Gasteiger partial charge in [0.25, 0.3) is 5.91 Å². The Balaban J connectivity index is 1.43. The van der Waals surface area contributed by atoms with Gasteiger partial charge in [-0.15, -0.1) is 0 Å². The van der Waals surface area contributed by atoms with E-state index >= 15 is 0 Å². The van der Waals surface area contributed by atoms with Gasteiger partial charge in [0.05, 0.1) is 13.3 Å². The van der Waals surface area contributed by atoms with Gasteiger partial charge in [-0.25, -0.2) is 5.43 Å². The molecule has 180 valence electrons. The van der Waals surface area contributed by atoms with Gasteiger partial charge in [-0.3, -0.25) is 14.4 Å². The molecule has 0 aliphatic rings. The third kappa shape index (κ3) is 8.32. The van der Waals surface area contributed by atoms with Crippen LogP contribution in [0.25, 0.3) is 0 Å². The molecule has 9 heteroatoms. The topological polar surface area (TPSA) is 118 Å². The van der Waals surface area contributed by atoms with Crippen molar-refractivity contribution in [2.45, 2.75) is 13.5 Å². The van der Waals surface area contributed by atoms with Crippen LogP contribution in [-0.2, 0) is 20.9 Å². The number of amides is 3. The Bertz CT molecular complexity index is 1210. The number of hydrazone groups is 1. The van der Waals surface area contributed by atoms with Crippen LogP contribution in [0.1, 0.15) is 16.7 Å². The number of rotatable bonds is 9. The lowest BCUT2D eigenvalue weighted by Crippen LogP contribution is -2.37. The lowest BCUT2D eigenvalue weighted by Gasteiger charge is -2.08. The van der Waals surface area contributed by atoms with E-state index in [9.17, 15) is 14.4 Å². The van der Waals surface area contributed by atoms with Crippen molar-refractivity contribution in [1.29, 1.82) is 0 Å². The summed E-state index contributed by atoms with van der Waals surface area (Å²) in [5.41, 5.74) is 5.35. The number of carbonyl (C=O) groups is 3. The first-order chi connectivity index (χ1) is 16.9. The quantitative estimate of drug-likeness (QED) is 0.250. The zero-order valence-corrected chi connectivity index (χ0v) is 19.4. The lowest BCUT2D eigenvalue weighted by molar-refractivity contribution is -0.139. The third-order valence-corrected chi connectivity index (χ3v) is 4.73. The monoisotopic (exact) mass is 474 g/mol. The minimum Gasteiger partial charge on any atom is -0.497 e. The molecule has 9 nitrogen and oxygen atoms in total. The first-order valence-electron chi connectivity index (χ1n) is 10.8. The van der Waals surface area contributed by atoms with E-state index < -0.39 is 11.8 Å². The van der Waals surface area contributed by atoms with Gasteiger partial charge >= 0.3 is 11.8 Å². The van der Waals surface area contributed by atoms with Crippen molar-refractivity contribution in [1.82, 2.24) is 10.7 Å². The Morgan fingerprint density at radius 1 is 0.914 bits per heavy atom. The highest BCUT2D eigenvalue weighted by Gasteiger charge is 2.12. The molecule has 3 aromatic carbocycles. The highest BCUT2D eigenvalue weighted by molar-refractivity contribution is 6.35. The molecule has 0 heterocycles. The molecule has 3 N–H and O–H groups in total. The van der Waals surface area contributed by atoms with Gasteiger partial charge < -0.3 is 20.1 Å². The van der Waals surface area contributed by atoms with E-state index in [1.807, 2.05) is 25.1 Å². The van der Waals surface area contributed by atoms with Gasteiger partial charge in [0.1, 0.15) is 11.5 Å². The molecule has 0 spiro atoms. The third-order valence-electron chi connectivity index (χ3n) is 4.73. The predicted molar refractivity (Wildman–Crippen MR) is 132 cm³/mol. The highest BCUT2D eigenvalue weighted by Crippen LogP contribution is 2.13. The second kappa shape index (κ2) is 12.5. The maximum Gasteiger partial charge on any atom is 0.329 e. The Morgan fingerprint density at radius 2 is 1.69 bits per heavy atom. The molecular weight excluding hydrogens is 448 g/mol. The van der Waals surface area contributed by atoms with Gasteiger partial charge in [-0.05, 0) is 60.0 Å². The van der Waals surface area contributed by atoms with Crippen LogP contribution < -0.4 is 25.5 Å². The fourth-order valence-corrected chi connectivity index (χ4v) is 2.98. The van der Waals surface area contributed by atoms with E-state index in [4.69, 9.17) is 9.47 Å². The number of ether oxygens (including phenoxy) is 2. The average Bonchev–Trinajstić information content (AvgIpc) is 2.86. The maximum atomic E-state index is 12.1. The molecule has 0 aliphatic carbocycles. The van der Waals surface area contributed by atoms with Gasteiger partial charge in [0.15, 0.2) is 6.61 Å². The Morgan fingerprint density at radius 3 is 2.43 bits per heavy atom. The number of hydrogen-bond acceptors (Lipinski definition) is 6. The van der Waals surface area contributed by atoms with Gasteiger partial charge in [-0.1, -0.05) is 36.4 Å². The molecule has 0 saturated heterocycles. The molecule has 0 radical (unpaired) electrons. The maximum absolute atomic E-state index is 12.1. The average molecular weight is 475 g/mol. The molecule has 0 bridgehead atoms. The number of hydrogen-bond donors (Lipinski definition) is 3. The number of anilines is 1. The van der Waals surface area contributed by atoms with E-state index in [1.54, 1.807) is 61.7 Å². The molecule has 0 aliphatic heterocycles. The summed E-state index contributed by atoms with van der Waals surface area (Å²) in [6, 6.07) is 21.4. The second-order valence-electron chi connectivity index (χ2n) is 7.51. The summed E-state index contributed by atoms with van der Waals surface area (Å²) >= 11 is 0. The minimum absolute atomic E-state index is 0.167. The van der Waals surface area contributed by atoms with Crippen molar-refractivity contribution < 1.29 is 23.9 Å². The standard InChI is InChI=1S/C26H26N4O5/c1-18-5-3-7-21(13-18)29-24(31)17-35-23-8-4-6-20(14-23)16-28-30-26(33)25(32)27-15-19-9-11-22(34-2)12-10-19/h3-14,16H,15,17H2,1-2H3,(H,27,32)(H,29,31)(H,30,33)/b28-16-. The zero-order chi connectivity index (χ0) is 25.0. The number of benzene rings is 3. The van der Waals surface area contributed by atoms with Crippen molar-refractivity contribution in [2.75, 3.05) is 19.0 Å². The Labute approximate surface area is 203 Å². The molecule has 3 aromatic rings. The summed E-state index contributed by atoms with van der Waals surface area (Å²) in [6.07, 6.45) is 1.37.